The van der Waals surface area contributed by atoms with Crippen LogP contribution < -0.4 is 10.2 Å². The number of aromatic nitrogens is 2. The van der Waals surface area contributed by atoms with Crippen LogP contribution in [0.5, 0.6) is 0 Å². The van der Waals surface area contributed by atoms with E-state index in [1.807, 2.05) is 36.4 Å². The van der Waals surface area contributed by atoms with Gasteiger partial charge in [-0.15, -0.1) is 0 Å². The number of rotatable bonds is 4. The van der Waals surface area contributed by atoms with Gasteiger partial charge in [0.1, 0.15) is 18.0 Å². The van der Waals surface area contributed by atoms with Crippen LogP contribution in [0.1, 0.15) is 12.8 Å². The first-order valence-electron chi connectivity index (χ1n) is 9.38. The molecule has 2 heterocycles. The Balaban J connectivity index is 1.39. The Bertz CT molecular complexity index is 956. The van der Waals surface area contributed by atoms with Crippen molar-refractivity contribution < 1.29 is 9.18 Å². The number of hydrogen-bond donors (Lipinski definition) is 1. The molecule has 28 heavy (non-hydrogen) atoms. The van der Waals surface area contributed by atoms with Crippen molar-refractivity contribution in [1.82, 2.24) is 9.97 Å². The van der Waals surface area contributed by atoms with Crippen molar-refractivity contribution in [2.75, 3.05) is 23.3 Å². The number of amides is 1. The highest BCUT2D eigenvalue weighted by Crippen LogP contribution is 2.26. The van der Waals surface area contributed by atoms with Gasteiger partial charge in [0.2, 0.25) is 5.91 Å². The maximum atomic E-state index is 13.7. The molecule has 0 aliphatic carbocycles. The summed E-state index contributed by atoms with van der Waals surface area (Å²) >= 11 is 0. The number of benzene rings is 2. The van der Waals surface area contributed by atoms with E-state index in [9.17, 15) is 9.18 Å². The van der Waals surface area contributed by atoms with Crippen LogP contribution in [0.3, 0.4) is 0 Å². The number of halogens is 1. The predicted octanol–water partition coefficient (Wildman–Crippen LogP) is 4.14. The zero-order valence-corrected chi connectivity index (χ0v) is 15.4. The third-order valence-corrected chi connectivity index (χ3v) is 5.04. The lowest BCUT2D eigenvalue weighted by Gasteiger charge is -2.32. The third kappa shape index (κ3) is 4.01. The molecule has 2 aromatic carbocycles. The molecule has 0 spiro atoms. The second kappa shape index (κ2) is 8.17. The minimum Gasteiger partial charge on any atom is -0.356 e. The van der Waals surface area contributed by atoms with E-state index < -0.39 is 5.82 Å². The van der Waals surface area contributed by atoms with Crippen LogP contribution in [0.15, 0.2) is 67.0 Å². The van der Waals surface area contributed by atoms with Gasteiger partial charge in [0.25, 0.3) is 0 Å². The Labute approximate surface area is 163 Å². The molecule has 1 aromatic heterocycles. The van der Waals surface area contributed by atoms with E-state index in [1.165, 1.54) is 6.07 Å². The zero-order valence-electron chi connectivity index (χ0n) is 15.4. The van der Waals surface area contributed by atoms with Crippen LogP contribution in [0.25, 0.3) is 11.3 Å². The zero-order chi connectivity index (χ0) is 19.3. The summed E-state index contributed by atoms with van der Waals surface area (Å²) in [7, 11) is 0. The topological polar surface area (TPSA) is 58.1 Å². The van der Waals surface area contributed by atoms with Crippen molar-refractivity contribution in [3.63, 3.8) is 0 Å². The molecule has 6 heteroatoms. The first kappa shape index (κ1) is 18.1. The SMILES string of the molecule is O=C(Nc1ccccc1F)C1CCN(c2cc(-c3ccccc3)ncn2)CC1. The van der Waals surface area contributed by atoms with E-state index in [0.29, 0.717) is 12.8 Å². The summed E-state index contributed by atoms with van der Waals surface area (Å²) in [5, 5.41) is 2.71. The summed E-state index contributed by atoms with van der Waals surface area (Å²) in [6, 6.07) is 18.2. The molecule has 1 N–H and O–H groups in total. The number of para-hydroxylation sites is 1. The summed E-state index contributed by atoms with van der Waals surface area (Å²) in [6.45, 7) is 1.45. The van der Waals surface area contributed by atoms with Crippen LogP contribution in [-0.4, -0.2) is 29.0 Å². The highest BCUT2D eigenvalue weighted by Gasteiger charge is 2.26. The van der Waals surface area contributed by atoms with E-state index in [0.717, 1.165) is 30.2 Å². The molecule has 0 atom stereocenters. The number of carbonyl (C=O) groups excluding carboxylic acids is 1. The first-order chi connectivity index (χ1) is 13.7. The van der Waals surface area contributed by atoms with Crippen molar-refractivity contribution >= 4 is 17.4 Å². The van der Waals surface area contributed by atoms with Gasteiger partial charge in [-0.25, -0.2) is 14.4 Å². The molecular formula is C22H21FN4O. The fraction of sp³-hybridized carbons (Fsp3) is 0.227. The molecule has 1 saturated heterocycles. The van der Waals surface area contributed by atoms with Crippen LogP contribution in [0.4, 0.5) is 15.9 Å². The summed E-state index contributed by atoms with van der Waals surface area (Å²) < 4.78 is 13.7. The third-order valence-electron chi connectivity index (χ3n) is 5.04. The van der Waals surface area contributed by atoms with Crippen molar-refractivity contribution in [2.45, 2.75) is 12.8 Å². The second-order valence-electron chi connectivity index (χ2n) is 6.86. The number of carbonyl (C=O) groups is 1. The smallest absolute Gasteiger partial charge is 0.227 e. The normalized spacial score (nSPS) is 14.7. The molecule has 1 aliphatic heterocycles. The van der Waals surface area contributed by atoms with E-state index in [-0.39, 0.29) is 17.5 Å². The molecule has 0 unspecified atom stereocenters. The number of nitrogens with zero attached hydrogens (tertiary/aromatic N) is 3. The monoisotopic (exact) mass is 376 g/mol. The van der Waals surface area contributed by atoms with Crippen LogP contribution in [0.2, 0.25) is 0 Å². The van der Waals surface area contributed by atoms with Gasteiger partial charge in [-0.1, -0.05) is 42.5 Å². The van der Waals surface area contributed by atoms with Crippen molar-refractivity contribution in [3.05, 3.63) is 72.8 Å². The van der Waals surface area contributed by atoms with Crippen molar-refractivity contribution in [1.29, 1.82) is 0 Å². The molecule has 0 saturated carbocycles. The molecular weight excluding hydrogens is 355 g/mol. The van der Waals surface area contributed by atoms with E-state index in [1.54, 1.807) is 24.5 Å². The number of anilines is 2. The molecule has 1 fully saturated rings. The highest BCUT2D eigenvalue weighted by molar-refractivity contribution is 5.92. The average Bonchev–Trinajstić information content (AvgIpc) is 2.76. The maximum Gasteiger partial charge on any atom is 0.227 e. The van der Waals surface area contributed by atoms with Crippen LogP contribution >= 0.6 is 0 Å². The Kier molecular flexibility index (Phi) is 5.28. The van der Waals surface area contributed by atoms with Gasteiger partial charge in [0, 0.05) is 30.6 Å². The Morgan fingerprint density at radius 2 is 1.71 bits per heavy atom. The molecule has 3 aromatic rings. The summed E-state index contributed by atoms with van der Waals surface area (Å²) in [6.07, 6.45) is 2.98. The van der Waals surface area contributed by atoms with E-state index in [4.69, 9.17) is 0 Å². The number of hydrogen-bond acceptors (Lipinski definition) is 4. The fourth-order valence-corrected chi connectivity index (χ4v) is 3.45. The molecule has 1 aliphatic rings. The number of nitrogens with one attached hydrogen (secondary N) is 1. The first-order valence-corrected chi connectivity index (χ1v) is 9.38. The van der Waals surface area contributed by atoms with Crippen LogP contribution in [0, 0.1) is 11.7 Å². The van der Waals surface area contributed by atoms with Gasteiger partial charge in [-0.05, 0) is 25.0 Å². The number of piperidine rings is 1. The fourth-order valence-electron chi connectivity index (χ4n) is 3.45. The molecule has 1 amide bonds. The largest absolute Gasteiger partial charge is 0.356 e. The van der Waals surface area contributed by atoms with Gasteiger partial charge in [-0.3, -0.25) is 4.79 Å². The summed E-state index contributed by atoms with van der Waals surface area (Å²) in [5.41, 5.74) is 2.16. The molecule has 0 bridgehead atoms. The minimum atomic E-state index is -0.414. The van der Waals surface area contributed by atoms with E-state index >= 15 is 0 Å². The Hall–Kier alpha value is -3.28. The maximum absolute atomic E-state index is 13.7. The lowest BCUT2D eigenvalue weighted by Crippen LogP contribution is -2.38. The predicted molar refractivity (Wildman–Crippen MR) is 107 cm³/mol. The second-order valence-corrected chi connectivity index (χ2v) is 6.86. The quantitative estimate of drug-likeness (QED) is 0.744. The summed E-state index contributed by atoms with van der Waals surface area (Å²) in [5.74, 6) is 0.188. The van der Waals surface area contributed by atoms with Gasteiger partial charge >= 0.3 is 0 Å². The standard InChI is InChI=1S/C22H21FN4O/c23-18-8-4-5-9-19(18)26-22(28)17-10-12-27(13-11-17)21-14-20(24-15-25-21)16-6-2-1-3-7-16/h1-9,14-15,17H,10-13H2,(H,26,28). The molecule has 0 radical (unpaired) electrons. The molecule has 5 nitrogen and oxygen atoms in total. The highest BCUT2D eigenvalue weighted by atomic mass is 19.1. The Morgan fingerprint density at radius 3 is 2.46 bits per heavy atom. The lowest BCUT2D eigenvalue weighted by molar-refractivity contribution is -0.120. The van der Waals surface area contributed by atoms with Crippen molar-refractivity contribution in [2.24, 2.45) is 5.92 Å². The molecule has 4 rings (SSSR count). The summed E-state index contributed by atoms with van der Waals surface area (Å²) in [4.78, 5) is 23.4. The van der Waals surface area contributed by atoms with Gasteiger partial charge in [-0.2, -0.15) is 0 Å². The Morgan fingerprint density at radius 1 is 1.00 bits per heavy atom. The minimum absolute atomic E-state index is 0.127. The van der Waals surface area contributed by atoms with Gasteiger partial charge in [0.15, 0.2) is 0 Å². The average molecular weight is 376 g/mol. The van der Waals surface area contributed by atoms with Gasteiger partial charge < -0.3 is 10.2 Å². The van der Waals surface area contributed by atoms with E-state index in [2.05, 4.69) is 20.2 Å². The van der Waals surface area contributed by atoms with Gasteiger partial charge in [0.05, 0.1) is 11.4 Å². The molecule has 142 valence electrons. The lowest BCUT2D eigenvalue weighted by atomic mass is 9.95. The van der Waals surface area contributed by atoms with Crippen molar-refractivity contribution in [3.8, 4) is 11.3 Å². The van der Waals surface area contributed by atoms with Crippen LogP contribution in [-0.2, 0) is 4.79 Å².